The first kappa shape index (κ1) is 10.6. The van der Waals surface area contributed by atoms with Gasteiger partial charge in [-0.1, -0.05) is 6.07 Å². The summed E-state index contributed by atoms with van der Waals surface area (Å²) in [5, 5.41) is 26.9. The molecule has 0 saturated heterocycles. The number of carbonyl (C=O) groups is 1. The Bertz CT molecular complexity index is 339. The standard InChI is InChI=1S/C9H11NO4/c1-5-2-6(4-10-3-5)7(11)8(12)9(13)14/h2-4,7-8,11-12H,1H3,(H,13,14). The lowest BCUT2D eigenvalue weighted by Crippen LogP contribution is -2.27. The normalized spacial score (nSPS) is 14.8. The number of aromatic nitrogens is 1. The highest BCUT2D eigenvalue weighted by atomic mass is 16.4. The molecular weight excluding hydrogens is 186 g/mol. The van der Waals surface area contributed by atoms with Crippen molar-refractivity contribution in [2.75, 3.05) is 0 Å². The molecule has 1 rings (SSSR count). The third-order valence-corrected chi connectivity index (χ3v) is 1.79. The van der Waals surface area contributed by atoms with Gasteiger partial charge < -0.3 is 15.3 Å². The quantitative estimate of drug-likeness (QED) is 0.627. The van der Waals surface area contributed by atoms with E-state index in [0.29, 0.717) is 5.56 Å². The van der Waals surface area contributed by atoms with Crippen LogP contribution in [-0.2, 0) is 4.79 Å². The Kier molecular flexibility index (Phi) is 3.16. The molecule has 0 saturated carbocycles. The maximum absolute atomic E-state index is 10.4. The third-order valence-electron chi connectivity index (χ3n) is 1.79. The van der Waals surface area contributed by atoms with Crippen LogP contribution >= 0.6 is 0 Å². The van der Waals surface area contributed by atoms with Crippen LogP contribution in [-0.4, -0.2) is 32.4 Å². The van der Waals surface area contributed by atoms with Crippen molar-refractivity contribution in [3.8, 4) is 0 Å². The van der Waals surface area contributed by atoms with E-state index in [9.17, 15) is 9.90 Å². The fourth-order valence-electron chi connectivity index (χ4n) is 1.06. The van der Waals surface area contributed by atoms with E-state index in [0.717, 1.165) is 5.56 Å². The van der Waals surface area contributed by atoms with Crippen molar-refractivity contribution < 1.29 is 20.1 Å². The second-order valence-electron chi connectivity index (χ2n) is 3.02. The molecule has 0 radical (unpaired) electrons. The van der Waals surface area contributed by atoms with E-state index in [1.807, 2.05) is 0 Å². The first-order valence-electron chi connectivity index (χ1n) is 4.03. The number of rotatable bonds is 3. The van der Waals surface area contributed by atoms with Gasteiger partial charge in [-0.25, -0.2) is 4.79 Å². The lowest BCUT2D eigenvalue weighted by Gasteiger charge is -2.13. The summed E-state index contributed by atoms with van der Waals surface area (Å²) in [6, 6.07) is 1.57. The molecule has 1 aromatic heterocycles. The number of nitrogens with zero attached hydrogens (tertiary/aromatic N) is 1. The molecular formula is C9H11NO4. The van der Waals surface area contributed by atoms with Gasteiger partial charge in [0.15, 0.2) is 6.10 Å². The Morgan fingerprint density at radius 3 is 2.57 bits per heavy atom. The van der Waals surface area contributed by atoms with Crippen LogP contribution in [0.4, 0.5) is 0 Å². The molecule has 1 heterocycles. The van der Waals surface area contributed by atoms with Crippen LogP contribution in [0.5, 0.6) is 0 Å². The monoisotopic (exact) mass is 197 g/mol. The van der Waals surface area contributed by atoms with E-state index in [1.165, 1.54) is 6.20 Å². The molecule has 1 aromatic rings. The summed E-state index contributed by atoms with van der Waals surface area (Å²) in [5.41, 5.74) is 1.08. The molecule has 5 nitrogen and oxygen atoms in total. The maximum atomic E-state index is 10.4. The summed E-state index contributed by atoms with van der Waals surface area (Å²) in [7, 11) is 0. The third kappa shape index (κ3) is 2.27. The number of hydrogen-bond acceptors (Lipinski definition) is 4. The zero-order valence-electron chi connectivity index (χ0n) is 7.58. The van der Waals surface area contributed by atoms with Gasteiger partial charge in [0.05, 0.1) is 0 Å². The van der Waals surface area contributed by atoms with Gasteiger partial charge in [-0.3, -0.25) is 4.98 Å². The highest BCUT2D eigenvalue weighted by Crippen LogP contribution is 2.16. The predicted molar refractivity (Wildman–Crippen MR) is 47.6 cm³/mol. The zero-order chi connectivity index (χ0) is 10.7. The Morgan fingerprint density at radius 1 is 1.43 bits per heavy atom. The van der Waals surface area contributed by atoms with Crippen LogP contribution in [0.2, 0.25) is 0 Å². The number of aliphatic carboxylic acids is 1. The smallest absolute Gasteiger partial charge is 0.335 e. The topological polar surface area (TPSA) is 90.7 Å². The number of aryl methyl sites for hydroxylation is 1. The number of aliphatic hydroxyl groups is 2. The summed E-state index contributed by atoms with van der Waals surface area (Å²) in [5.74, 6) is -1.46. The van der Waals surface area contributed by atoms with Crippen molar-refractivity contribution in [3.63, 3.8) is 0 Å². The summed E-state index contributed by atoms with van der Waals surface area (Å²) >= 11 is 0. The minimum absolute atomic E-state index is 0.292. The van der Waals surface area contributed by atoms with E-state index in [4.69, 9.17) is 10.2 Å². The van der Waals surface area contributed by atoms with Gasteiger partial charge in [0.2, 0.25) is 0 Å². The molecule has 0 aliphatic heterocycles. The fourth-order valence-corrected chi connectivity index (χ4v) is 1.06. The summed E-state index contributed by atoms with van der Waals surface area (Å²) < 4.78 is 0. The van der Waals surface area contributed by atoms with Crippen LogP contribution in [0.15, 0.2) is 18.5 Å². The first-order chi connectivity index (χ1) is 6.52. The molecule has 14 heavy (non-hydrogen) atoms. The van der Waals surface area contributed by atoms with E-state index in [1.54, 1.807) is 19.2 Å². The number of pyridine rings is 1. The van der Waals surface area contributed by atoms with Crippen molar-refractivity contribution in [1.82, 2.24) is 4.98 Å². The maximum Gasteiger partial charge on any atom is 0.335 e. The van der Waals surface area contributed by atoms with Gasteiger partial charge in [-0.2, -0.15) is 0 Å². The molecule has 0 aliphatic carbocycles. The van der Waals surface area contributed by atoms with E-state index in [-0.39, 0.29) is 0 Å². The van der Waals surface area contributed by atoms with Gasteiger partial charge in [0.25, 0.3) is 0 Å². The van der Waals surface area contributed by atoms with Crippen LogP contribution in [0.1, 0.15) is 17.2 Å². The van der Waals surface area contributed by atoms with Gasteiger partial charge in [-0.05, 0) is 12.5 Å². The number of carboxylic acid groups (broad SMARTS) is 1. The van der Waals surface area contributed by atoms with E-state index < -0.39 is 18.2 Å². The molecule has 0 spiro atoms. The Hall–Kier alpha value is -1.46. The summed E-state index contributed by atoms with van der Waals surface area (Å²) in [4.78, 5) is 14.2. The number of aliphatic hydroxyl groups excluding tert-OH is 2. The average molecular weight is 197 g/mol. The van der Waals surface area contributed by atoms with Crippen LogP contribution < -0.4 is 0 Å². The van der Waals surface area contributed by atoms with Gasteiger partial charge >= 0.3 is 5.97 Å². The van der Waals surface area contributed by atoms with E-state index >= 15 is 0 Å². The van der Waals surface area contributed by atoms with Crippen molar-refractivity contribution >= 4 is 5.97 Å². The number of carboxylic acids is 1. The molecule has 0 bridgehead atoms. The largest absolute Gasteiger partial charge is 0.479 e. The molecule has 2 unspecified atom stereocenters. The lowest BCUT2D eigenvalue weighted by molar-refractivity contribution is -0.153. The molecule has 0 fully saturated rings. The second kappa shape index (κ2) is 4.17. The SMILES string of the molecule is Cc1cncc(C(O)C(O)C(=O)O)c1. The minimum atomic E-state index is -1.82. The van der Waals surface area contributed by atoms with Crippen molar-refractivity contribution in [3.05, 3.63) is 29.6 Å². The Morgan fingerprint density at radius 2 is 2.07 bits per heavy atom. The molecule has 0 aliphatic rings. The summed E-state index contributed by atoms with van der Waals surface area (Å²) in [6.07, 6.45) is -0.369. The molecule has 5 heteroatoms. The molecule has 76 valence electrons. The Labute approximate surface area is 80.7 Å². The highest BCUT2D eigenvalue weighted by molar-refractivity contribution is 5.73. The van der Waals surface area contributed by atoms with E-state index in [2.05, 4.69) is 4.98 Å². The molecule has 3 N–H and O–H groups in total. The molecule has 2 atom stereocenters. The van der Waals surface area contributed by atoms with Crippen LogP contribution in [0.3, 0.4) is 0 Å². The van der Waals surface area contributed by atoms with Crippen LogP contribution in [0, 0.1) is 6.92 Å². The molecule has 0 aromatic carbocycles. The lowest BCUT2D eigenvalue weighted by atomic mass is 10.1. The van der Waals surface area contributed by atoms with Gasteiger partial charge in [0, 0.05) is 18.0 Å². The average Bonchev–Trinajstić information content (AvgIpc) is 2.15. The predicted octanol–water partition coefficient (Wildman–Crippen LogP) is -0.131. The minimum Gasteiger partial charge on any atom is -0.479 e. The van der Waals surface area contributed by atoms with Crippen LogP contribution in [0.25, 0.3) is 0 Å². The fraction of sp³-hybridized carbons (Fsp3) is 0.333. The highest BCUT2D eigenvalue weighted by Gasteiger charge is 2.25. The van der Waals surface area contributed by atoms with Crippen molar-refractivity contribution in [2.24, 2.45) is 0 Å². The first-order valence-corrected chi connectivity index (χ1v) is 4.03. The zero-order valence-corrected chi connectivity index (χ0v) is 7.58. The second-order valence-corrected chi connectivity index (χ2v) is 3.02. The number of hydrogen-bond donors (Lipinski definition) is 3. The van der Waals surface area contributed by atoms with Gasteiger partial charge in [-0.15, -0.1) is 0 Å². The Balaban J connectivity index is 2.89. The van der Waals surface area contributed by atoms with Crippen molar-refractivity contribution in [2.45, 2.75) is 19.1 Å². The van der Waals surface area contributed by atoms with Crippen molar-refractivity contribution in [1.29, 1.82) is 0 Å². The summed E-state index contributed by atoms with van der Waals surface area (Å²) in [6.45, 7) is 1.76. The van der Waals surface area contributed by atoms with Gasteiger partial charge in [0.1, 0.15) is 6.10 Å². The molecule has 0 amide bonds.